The standard InChI is InChI=1S/C17H24FNO3/c1-21-10-11-22-13-15-6-8-19(9-7-15)17(20)12-14-2-4-16(18)5-3-14/h2-5,15H,6-13H2,1H3. The Morgan fingerprint density at radius 3 is 2.55 bits per heavy atom. The van der Waals surface area contributed by atoms with Gasteiger partial charge in [-0.2, -0.15) is 0 Å². The number of hydrogen-bond acceptors (Lipinski definition) is 3. The Morgan fingerprint density at radius 1 is 1.23 bits per heavy atom. The van der Waals surface area contributed by atoms with Crippen LogP contribution in [0.15, 0.2) is 24.3 Å². The van der Waals surface area contributed by atoms with Gasteiger partial charge in [0.1, 0.15) is 5.82 Å². The molecule has 1 aromatic carbocycles. The second-order valence-corrected chi connectivity index (χ2v) is 5.70. The molecule has 1 aromatic rings. The molecule has 0 bridgehead atoms. The molecule has 0 radical (unpaired) electrons. The monoisotopic (exact) mass is 309 g/mol. The van der Waals surface area contributed by atoms with Crippen LogP contribution in [0.2, 0.25) is 0 Å². The minimum Gasteiger partial charge on any atom is -0.382 e. The zero-order valence-corrected chi connectivity index (χ0v) is 13.1. The van der Waals surface area contributed by atoms with Gasteiger partial charge in [-0.15, -0.1) is 0 Å². The Bertz CT molecular complexity index is 455. The molecule has 122 valence electrons. The van der Waals surface area contributed by atoms with Crippen molar-refractivity contribution < 1.29 is 18.7 Å². The number of benzene rings is 1. The van der Waals surface area contributed by atoms with E-state index in [1.807, 2.05) is 4.90 Å². The van der Waals surface area contributed by atoms with E-state index in [2.05, 4.69) is 0 Å². The van der Waals surface area contributed by atoms with Crippen molar-refractivity contribution in [2.75, 3.05) is 40.0 Å². The lowest BCUT2D eigenvalue weighted by Gasteiger charge is -2.32. The first-order chi connectivity index (χ1) is 10.7. The molecule has 5 heteroatoms. The Kier molecular flexibility index (Phi) is 6.80. The summed E-state index contributed by atoms with van der Waals surface area (Å²) in [7, 11) is 1.66. The molecule has 2 rings (SSSR count). The molecule has 0 atom stereocenters. The normalized spacial score (nSPS) is 16.0. The Morgan fingerprint density at radius 2 is 1.91 bits per heavy atom. The van der Waals surface area contributed by atoms with Crippen LogP contribution in [0.1, 0.15) is 18.4 Å². The number of amides is 1. The van der Waals surface area contributed by atoms with Crippen LogP contribution in [0, 0.1) is 11.7 Å². The SMILES string of the molecule is COCCOCC1CCN(C(=O)Cc2ccc(F)cc2)CC1. The van der Waals surface area contributed by atoms with Gasteiger partial charge >= 0.3 is 0 Å². The zero-order chi connectivity index (χ0) is 15.8. The molecule has 1 heterocycles. The lowest BCUT2D eigenvalue weighted by Crippen LogP contribution is -2.40. The molecule has 22 heavy (non-hydrogen) atoms. The van der Waals surface area contributed by atoms with Gasteiger partial charge < -0.3 is 14.4 Å². The number of nitrogens with zero attached hydrogens (tertiary/aromatic N) is 1. The second-order valence-electron chi connectivity index (χ2n) is 5.70. The summed E-state index contributed by atoms with van der Waals surface area (Å²) in [5.74, 6) is 0.363. The molecule has 0 saturated carbocycles. The number of halogens is 1. The largest absolute Gasteiger partial charge is 0.382 e. The molecule has 0 aliphatic carbocycles. The van der Waals surface area contributed by atoms with Crippen molar-refractivity contribution in [3.05, 3.63) is 35.6 Å². The molecule has 1 aliphatic heterocycles. The molecular weight excluding hydrogens is 285 g/mol. The van der Waals surface area contributed by atoms with E-state index in [9.17, 15) is 9.18 Å². The van der Waals surface area contributed by atoms with Crippen molar-refractivity contribution in [3.8, 4) is 0 Å². The van der Waals surface area contributed by atoms with Crippen molar-refractivity contribution in [1.82, 2.24) is 4.90 Å². The summed E-state index contributed by atoms with van der Waals surface area (Å²) in [6, 6.07) is 6.13. The van der Waals surface area contributed by atoms with Gasteiger partial charge in [0, 0.05) is 26.8 Å². The molecule has 1 amide bonds. The van der Waals surface area contributed by atoms with Gasteiger partial charge in [-0.05, 0) is 36.5 Å². The topological polar surface area (TPSA) is 38.8 Å². The fourth-order valence-corrected chi connectivity index (χ4v) is 2.63. The van der Waals surface area contributed by atoms with Gasteiger partial charge in [0.15, 0.2) is 0 Å². The first kappa shape index (κ1) is 16.9. The molecule has 0 unspecified atom stereocenters. The number of hydrogen-bond donors (Lipinski definition) is 0. The van der Waals surface area contributed by atoms with Gasteiger partial charge in [0.2, 0.25) is 5.91 Å². The smallest absolute Gasteiger partial charge is 0.226 e. The molecule has 1 aliphatic rings. The maximum Gasteiger partial charge on any atom is 0.226 e. The lowest BCUT2D eigenvalue weighted by molar-refractivity contribution is -0.132. The van der Waals surface area contributed by atoms with Crippen LogP contribution in [0.5, 0.6) is 0 Å². The van der Waals surface area contributed by atoms with Crippen molar-refractivity contribution in [2.24, 2.45) is 5.92 Å². The number of piperidine rings is 1. The lowest BCUT2D eigenvalue weighted by atomic mass is 9.97. The Balaban J connectivity index is 1.69. The van der Waals surface area contributed by atoms with Crippen molar-refractivity contribution in [2.45, 2.75) is 19.3 Å². The van der Waals surface area contributed by atoms with Crippen LogP contribution in [-0.2, 0) is 20.7 Å². The molecule has 1 fully saturated rings. The van der Waals surface area contributed by atoms with Gasteiger partial charge in [-0.3, -0.25) is 4.79 Å². The summed E-state index contributed by atoms with van der Waals surface area (Å²) >= 11 is 0. The van der Waals surface area contributed by atoms with Gasteiger partial charge in [-0.1, -0.05) is 12.1 Å². The average molecular weight is 309 g/mol. The highest BCUT2D eigenvalue weighted by molar-refractivity contribution is 5.78. The Hall–Kier alpha value is -1.46. The van der Waals surface area contributed by atoms with Gasteiger partial charge in [0.25, 0.3) is 0 Å². The molecule has 0 aromatic heterocycles. The third kappa shape index (κ3) is 5.39. The highest BCUT2D eigenvalue weighted by Crippen LogP contribution is 2.18. The quantitative estimate of drug-likeness (QED) is 0.725. The van der Waals surface area contributed by atoms with E-state index in [0.29, 0.717) is 25.6 Å². The highest BCUT2D eigenvalue weighted by Gasteiger charge is 2.22. The van der Waals surface area contributed by atoms with E-state index in [-0.39, 0.29) is 11.7 Å². The highest BCUT2D eigenvalue weighted by atomic mass is 19.1. The van der Waals surface area contributed by atoms with Crippen molar-refractivity contribution in [1.29, 1.82) is 0 Å². The molecule has 0 N–H and O–H groups in total. The average Bonchev–Trinajstić information content (AvgIpc) is 2.54. The summed E-state index contributed by atoms with van der Waals surface area (Å²) in [5.41, 5.74) is 0.858. The summed E-state index contributed by atoms with van der Waals surface area (Å²) < 4.78 is 23.4. The number of carbonyl (C=O) groups is 1. The van der Waals surface area contributed by atoms with E-state index < -0.39 is 0 Å². The molecule has 0 spiro atoms. The van der Waals surface area contributed by atoms with Crippen LogP contribution in [0.3, 0.4) is 0 Å². The third-order valence-corrected chi connectivity index (χ3v) is 4.02. The van der Waals surface area contributed by atoms with Crippen LogP contribution in [-0.4, -0.2) is 50.8 Å². The van der Waals surface area contributed by atoms with E-state index in [1.54, 1.807) is 19.2 Å². The fraction of sp³-hybridized carbons (Fsp3) is 0.588. The maximum absolute atomic E-state index is 12.9. The van der Waals surface area contributed by atoms with E-state index in [4.69, 9.17) is 9.47 Å². The molecule has 4 nitrogen and oxygen atoms in total. The number of ether oxygens (including phenoxy) is 2. The summed E-state index contributed by atoms with van der Waals surface area (Å²) in [6.45, 7) is 3.54. The Labute approximate surface area is 131 Å². The zero-order valence-electron chi connectivity index (χ0n) is 13.1. The number of methoxy groups -OCH3 is 1. The molecular formula is C17H24FNO3. The van der Waals surface area contributed by atoms with Crippen LogP contribution in [0.25, 0.3) is 0 Å². The first-order valence-corrected chi connectivity index (χ1v) is 7.78. The third-order valence-electron chi connectivity index (χ3n) is 4.02. The van der Waals surface area contributed by atoms with Crippen molar-refractivity contribution in [3.63, 3.8) is 0 Å². The number of rotatable bonds is 7. The maximum atomic E-state index is 12.9. The summed E-state index contributed by atoms with van der Waals surface area (Å²) in [5, 5.41) is 0. The van der Waals surface area contributed by atoms with Gasteiger partial charge in [-0.25, -0.2) is 4.39 Å². The van der Waals surface area contributed by atoms with E-state index in [0.717, 1.165) is 38.1 Å². The molecule has 1 saturated heterocycles. The van der Waals surface area contributed by atoms with Crippen LogP contribution >= 0.6 is 0 Å². The van der Waals surface area contributed by atoms with E-state index >= 15 is 0 Å². The predicted molar refractivity (Wildman–Crippen MR) is 82.1 cm³/mol. The predicted octanol–water partition coefficient (Wildman–Crippen LogP) is 2.27. The van der Waals surface area contributed by atoms with Crippen LogP contribution < -0.4 is 0 Å². The summed E-state index contributed by atoms with van der Waals surface area (Å²) in [4.78, 5) is 14.1. The van der Waals surface area contributed by atoms with Crippen LogP contribution in [0.4, 0.5) is 4.39 Å². The number of carbonyl (C=O) groups excluding carboxylic acids is 1. The van der Waals surface area contributed by atoms with E-state index in [1.165, 1.54) is 12.1 Å². The van der Waals surface area contributed by atoms with Gasteiger partial charge in [0.05, 0.1) is 19.6 Å². The fourth-order valence-electron chi connectivity index (χ4n) is 2.63. The second kappa shape index (κ2) is 8.86. The summed E-state index contributed by atoms with van der Waals surface area (Å²) in [6.07, 6.45) is 2.29. The minimum absolute atomic E-state index is 0.116. The number of likely N-dealkylation sites (tertiary alicyclic amines) is 1. The minimum atomic E-state index is -0.273. The van der Waals surface area contributed by atoms with Crippen molar-refractivity contribution >= 4 is 5.91 Å². The first-order valence-electron chi connectivity index (χ1n) is 7.78.